The molecule has 0 aromatic heterocycles. The summed E-state index contributed by atoms with van der Waals surface area (Å²) in [4.78, 5) is 3.07. The van der Waals surface area contributed by atoms with Crippen LogP contribution < -0.4 is 0 Å². The van der Waals surface area contributed by atoms with Gasteiger partial charge in [0, 0.05) is 32.6 Å². The maximum absolute atomic E-state index is 2.36. The summed E-state index contributed by atoms with van der Waals surface area (Å²) >= 11 is 0. The highest BCUT2D eigenvalue weighted by atomic mass is 32.2. The fraction of sp³-hybridized carbons (Fsp3) is 0.333. The van der Waals surface area contributed by atoms with Gasteiger partial charge in [-0.3, -0.25) is 0 Å². The first-order chi connectivity index (χ1) is 15.7. The Hall–Kier alpha value is -1.90. The zero-order valence-electron chi connectivity index (χ0n) is 20.1. The van der Waals surface area contributed by atoms with E-state index >= 15 is 0 Å². The number of benzene rings is 4. The first-order valence-electron chi connectivity index (χ1n) is 11.9. The summed E-state index contributed by atoms with van der Waals surface area (Å²) < 4.78 is 0. The highest BCUT2D eigenvalue weighted by Gasteiger charge is 2.22. The average Bonchev–Trinajstić information content (AvgIpc) is 2.84. The van der Waals surface area contributed by atoms with Crippen LogP contribution in [0.3, 0.4) is 0 Å². The Morgan fingerprint density at radius 3 is 1.47 bits per heavy atom. The fourth-order valence-electron chi connectivity index (χ4n) is 3.96. The predicted octanol–water partition coefficient (Wildman–Crippen LogP) is 8.49. The number of hydrogen-bond acceptors (Lipinski definition) is 0. The van der Waals surface area contributed by atoms with Crippen LogP contribution in [-0.2, 0) is 21.8 Å². The van der Waals surface area contributed by atoms with Gasteiger partial charge in [0.1, 0.15) is 24.0 Å². The highest BCUT2D eigenvalue weighted by Crippen LogP contribution is 2.27. The van der Waals surface area contributed by atoms with Gasteiger partial charge >= 0.3 is 0 Å². The van der Waals surface area contributed by atoms with Gasteiger partial charge in [0.25, 0.3) is 0 Å². The Morgan fingerprint density at radius 1 is 0.531 bits per heavy atom. The number of hydrogen-bond donors (Lipinski definition) is 0. The van der Waals surface area contributed by atoms with E-state index in [0.29, 0.717) is 21.8 Å². The molecule has 0 aliphatic rings. The van der Waals surface area contributed by atoms with Crippen LogP contribution in [0.2, 0.25) is 0 Å². The van der Waals surface area contributed by atoms with Gasteiger partial charge in [-0.1, -0.05) is 87.4 Å². The van der Waals surface area contributed by atoms with Crippen molar-refractivity contribution in [1.29, 1.82) is 0 Å². The minimum Gasteiger partial charge on any atom is -0.0652 e. The molecular formula is C30H38S2+2. The molecule has 0 unspecified atom stereocenters. The van der Waals surface area contributed by atoms with Crippen LogP contribution in [-0.4, -0.2) is 24.0 Å². The summed E-state index contributed by atoms with van der Waals surface area (Å²) in [5, 5.41) is 5.62. The minimum atomic E-state index is 0.346. The maximum Gasteiger partial charge on any atom is 0.162 e. The smallest absolute Gasteiger partial charge is 0.0652 e. The molecule has 0 heterocycles. The zero-order chi connectivity index (χ0) is 22.8. The van der Waals surface area contributed by atoms with E-state index in [-0.39, 0.29) is 0 Å². The Kier molecular flexibility index (Phi) is 10.0. The lowest BCUT2D eigenvalue weighted by Gasteiger charge is -2.10. The summed E-state index contributed by atoms with van der Waals surface area (Å²) in [7, 11) is 0.784. The number of fused-ring (bicyclic) bond motifs is 2. The van der Waals surface area contributed by atoms with Crippen LogP contribution in [0.25, 0.3) is 21.5 Å². The van der Waals surface area contributed by atoms with Gasteiger partial charge in [0.2, 0.25) is 0 Å². The second-order valence-electron chi connectivity index (χ2n) is 8.38. The lowest BCUT2D eigenvalue weighted by Crippen LogP contribution is -2.13. The molecule has 0 fully saturated rings. The van der Waals surface area contributed by atoms with E-state index < -0.39 is 0 Å². The molecule has 0 N–H and O–H groups in total. The maximum atomic E-state index is 2.36. The fourth-order valence-corrected chi connectivity index (χ4v) is 7.62. The van der Waals surface area contributed by atoms with Gasteiger partial charge in [0.15, 0.2) is 9.79 Å². The van der Waals surface area contributed by atoms with Gasteiger partial charge in [0.05, 0.1) is 0 Å². The van der Waals surface area contributed by atoms with Crippen molar-refractivity contribution in [2.24, 2.45) is 0 Å². The molecule has 0 saturated carbocycles. The summed E-state index contributed by atoms with van der Waals surface area (Å²) in [5.41, 5.74) is 0. The van der Waals surface area contributed by atoms with E-state index in [0.717, 1.165) is 0 Å². The van der Waals surface area contributed by atoms with Crippen molar-refractivity contribution in [3.63, 3.8) is 0 Å². The van der Waals surface area contributed by atoms with Crippen LogP contribution in [0.1, 0.15) is 39.5 Å². The number of unbranched alkanes of at least 4 members (excludes halogenated alkanes) is 2. The van der Waals surface area contributed by atoms with E-state index in [2.05, 4.69) is 111 Å². The van der Waals surface area contributed by atoms with Crippen LogP contribution in [0.4, 0.5) is 0 Å². The van der Waals surface area contributed by atoms with Crippen molar-refractivity contribution in [2.75, 3.05) is 24.0 Å². The van der Waals surface area contributed by atoms with E-state index in [9.17, 15) is 0 Å². The van der Waals surface area contributed by atoms with Crippen LogP contribution in [0.5, 0.6) is 0 Å². The largest absolute Gasteiger partial charge is 0.162 e. The first kappa shape index (κ1) is 24.7. The van der Waals surface area contributed by atoms with Crippen molar-refractivity contribution in [3.8, 4) is 0 Å². The molecule has 0 amide bonds. The molecule has 4 aromatic carbocycles. The van der Waals surface area contributed by atoms with Gasteiger partial charge in [-0.15, -0.1) is 0 Å². The molecule has 0 saturated heterocycles. The molecular weight excluding hydrogens is 424 g/mol. The summed E-state index contributed by atoms with van der Waals surface area (Å²) in [6.45, 7) is 4.59. The van der Waals surface area contributed by atoms with E-state index in [1.807, 2.05) is 0 Å². The summed E-state index contributed by atoms with van der Waals surface area (Å²) in [6.07, 6.45) is 9.86. The van der Waals surface area contributed by atoms with Gasteiger partial charge in [-0.25, -0.2) is 0 Å². The SMILES string of the molecule is CCCC[S+](CCCC)c1cccc2ccccc12.C[S+](C)c1cccc2ccccc12. The molecule has 0 nitrogen and oxygen atoms in total. The topological polar surface area (TPSA) is 0 Å². The second-order valence-corrected chi connectivity index (χ2v) is 12.7. The average molecular weight is 463 g/mol. The Bertz CT molecular complexity index is 1080. The van der Waals surface area contributed by atoms with Crippen LogP contribution in [0.15, 0.2) is 94.7 Å². The first-order valence-corrected chi connectivity index (χ1v) is 15.5. The van der Waals surface area contributed by atoms with Crippen molar-refractivity contribution >= 4 is 43.3 Å². The molecule has 4 rings (SSSR count). The normalized spacial score (nSPS) is 11.2. The van der Waals surface area contributed by atoms with E-state index in [1.54, 1.807) is 4.90 Å². The lowest BCUT2D eigenvalue weighted by molar-refractivity contribution is 0.871. The summed E-state index contributed by atoms with van der Waals surface area (Å²) in [5.74, 6) is 2.73. The molecule has 0 spiro atoms. The highest BCUT2D eigenvalue weighted by molar-refractivity contribution is 7.97. The van der Waals surface area contributed by atoms with Gasteiger partial charge < -0.3 is 0 Å². The van der Waals surface area contributed by atoms with Crippen LogP contribution >= 0.6 is 0 Å². The lowest BCUT2D eigenvalue weighted by atomic mass is 10.1. The third kappa shape index (κ3) is 6.56. The van der Waals surface area contributed by atoms with E-state index in [4.69, 9.17) is 0 Å². The van der Waals surface area contributed by atoms with Crippen LogP contribution in [0, 0.1) is 0 Å². The Morgan fingerprint density at radius 2 is 0.969 bits per heavy atom. The van der Waals surface area contributed by atoms with Crippen molar-refractivity contribution in [1.82, 2.24) is 0 Å². The van der Waals surface area contributed by atoms with Crippen molar-refractivity contribution in [3.05, 3.63) is 84.9 Å². The molecule has 32 heavy (non-hydrogen) atoms. The Labute approximate surface area is 201 Å². The molecule has 4 aromatic rings. The predicted molar refractivity (Wildman–Crippen MR) is 151 cm³/mol. The van der Waals surface area contributed by atoms with Gasteiger partial charge in [-0.2, -0.15) is 0 Å². The Balaban J connectivity index is 0.000000193. The van der Waals surface area contributed by atoms with Gasteiger partial charge in [-0.05, 0) is 47.9 Å². The third-order valence-electron chi connectivity index (χ3n) is 5.74. The zero-order valence-corrected chi connectivity index (χ0v) is 21.8. The van der Waals surface area contributed by atoms with E-state index in [1.165, 1.54) is 63.6 Å². The standard InChI is InChI=1S/C18H25S.C12H13S/c1-3-5-14-19(15-6-4-2)18-13-9-11-16-10-7-8-12-17(16)18;1-13(2)12-9-5-7-10-6-3-4-8-11(10)12/h7-13H,3-6,14-15H2,1-2H3;3-9H,1-2H3/q2*+1. The van der Waals surface area contributed by atoms with Crippen molar-refractivity contribution in [2.45, 2.75) is 49.3 Å². The number of rotatable bonds is 8. The second kappa shape index (κ2) is 13.0. The molecule has 168 valence electrons. The molecule has 0 atom stereocenters. The molecule has 0 bridgehead atoms. The quantitative estimate of drug-likeness (QED) is 0.230. The molecule has 0 aliphatic carbocycles. The van der Waals surface area contributed by atoms with Crippen molar-refractivity contribution < 1.29 is 0 Å². The monoisotopic (exact) mass is 462 g/mol. The molecule has 0 aliphatic heterocycles. The molecule has 0 radical (unpaired) electrons. The third-order valence-corrected chi connectivity index (χ3v) is 9.52. The minimum absolute atomic E-state index is 0.346. The summed E-state index contributed by atoms with van der Waals surface area (Å²) in [6, 6.07) is 30.8. The molecule has 2 heteroatoms.